The van der Waals surface area contributed by atoms with Gasteiger partial charge in [-0.15, -0.1) is 10.2 Å². The van der Waals surface area contributed by atoms with Crippen molar-refractivity contribution in [3.05, 3.63) is 45.3 Å². The molecule has 0 amide bonds. The van der Waals surface area contributed by atoms with Gasteiger partial charge in [-0.2, -0.15) is 0 Å². The molecule has 1 aliphatic rings. The fourth-order valence-electron chi connectivity index (χ4n) is 3.04. The lowest BCUT2D eigenvalue weighted by Gasteiger charge is -2.07. The number of hydrogen-bond donors (Lipinski definition) is 1. The van der Waals surface area contributed by atoms with E-state index in [4.69, 9.17) is 4.42 Å². The molecule has 0 bridgehead atoms. The fraction of sp³-hybridized carbons (Fsp3) is 0.353. The second-order valence-corrected chi connectivity index (χ2v) is 7.95. The first-order valence-corrected chi connectivity index (χ1v) is 9.82. The maximum absolute atomic E-state index is 11.9. The molecule has 0 saturated heterocycles. The normalized spacial score (nSPS) is 13.4. The van der Waals surface area contributed by atoms with E-state index in [0.29, 0.717) is 11.3 Å². The number of nitrogens with one attached hydrogen (secondary N) is 1. The average Bonchev–Trinajstić information content (AvgIpc) is 3.19. The summed E-state index contributed by atoms with van der Waals surface area (Å²) in [6, 6.07) is 5.84. The van der Waals surface area contributed by atoms with Crippen molar-refractivity contribution < 1.29 is 4.42 Å². The first-order valence-electron chi connectivity index (χ1n) is 8.01. The third kappa shape index (κ3) is 3.06. The summed E-state index contributed by atoms with van der Waals surface area (Å²) >= 11 is 3.14. The molecule has 1 N–H and O–H groups in total. The maximum atomic E-state index is 11.9. The van der Waals surface area contributed by atoms with Crippen LogP contribution in [0.25, 0.3) is 11.0 Å². The van der Waals surface area contributed by atoms with Crippen molar-refractivity contribution in [1.29, 1.82) is 0 Å². The zero-order chi connectivity index (χ0) is 16.5. The summed E-state index contributed by atoms with van der Waals surface area (Å²) < 4.78 is 6.31. The Hall–Kier alpha value is -1.86. The third-order valence-corrected chi connectivity index (χ3v) is 6.19. The van der Waals surface area contributed by atoms with Crippen LogP contribution in [0.3, 0.4) is 0 Å². The highest BCUT2D eigenvalue weighted by Crippen LogP contribution is 2.32. The molecular weight excluding hydrogens is 342 g/mol. The zero-order valence-electron chi connectivity index (χ0n) is 13.3. The smallest absolute Gasteiger partial charge is 0.336 e. The van der Waals surface area contributed by atoms with Gasteiger partial charge in [0, 0.05) is 23.8 Å². The molecule has 2 heterocycles. The average molecular weight is 359 g/mol. The number of nitrogens with zero attached hydrogens (tertiary/aromatic N) is 2. The molecule has 1 aromatic carbocycles. The van der Waals surface area contributed by atoms with Crippen LogP contribution in [0.1, 0.15) is 30.0 Å². The van der Waals surface area contributed by atoms with Crippen LogP contribution in [-0.2, 0) is 18.6 Å². The molecule has 0 aliphatic heterocycles. The summed E-state index contributed by atoms with van der Waals surface area (Å²) in [7, 11) is 0. The van der Waals surface area contributed by atoms with Gasteiger partial charge < -0.3 is 9.73 Å². The monoisotopic (exact) mass is 359 g/mol. The van der Waals surface area contributed by atoms with E-state index >= 15 is 0 Å². The Labute approximate surface area is 147 Å². The standard InChI is InChI=1S/C17H17N3O2S2/c1-2-18-16-19-20-17(24-16)23-9-12-8-15(21)22-14-7-11-5-3-4-10(11)6-13(12)14/h6-8H,2-5,9H2,1H3,(H,18,19). The van der Waals surface area contributed by atoms with Crippen LogP contribution >= 0.6 is 23.1 Å². The molecule has 4 rings (SSSR count). The van der Waals surface area contributed by atoms with Crippen molar-refractivity contribution in [2.45, 2.75) is 36.3 Å². The van der Waals surface area contributed by atoms with Crippen LogP contribution in [0.5, 0.6) is 0 Å². The molecular formula is C17H17N3O2S2. The van der Waals surface area contributed by atoms with E-state index in [-0.39, 0.29) is 5.63 Å². The van der Waals surface area contributed by atoms with E-state index in [9.17, 15) is 4.79 Å². The Balaban J connectivity index is 1.64. The van der Waals surface area contributed by atoms with Crippen molar-refractivity contribution in [3.63, 3.8) is 0 Å². The SMILES string of the molecule is CCNc1nnc(SCc2cc(=O)oc3cc4c(cc23)CCC4)s1. The summed E-state index contributed by atoms with van der Waals surface area (Å²) in [5.74, 6) is 0.682. The minimum Gasteiger partial charge on any atom is -0.423 e. The molecule has 3 aromatic rings. The van der Waals surface area contributed by atoms with Crippen LogP contribution in [-0.4, -0.2) is 16.7 Å². The van der Waals surface area contributed by atoms with Crippen LogP contribution in [0.2, 0.25) is 0 Å². The van der Waals surface area contributed by atoms with Gasteiger partial charge in [0.2, 0.25) is 5.13 Å². The Morgan fingerprint density at radius 2 is 2.08 bits per heavy atom. The number of thioether (sulfide) groups is 1. The van der Waals surface area contributed by atoms with Crippen LogP contribution in [0, 0.1) is 0 Å². The fourth-order valence-corrected chi connectivity index (χ4v) is 4.86. The summed E-state index contributed by atoms with van der Waals surface area (Å²) in [5, 5.41) is 13.3. The number of aryl methyl sites for hydroxylation is 2. The first-order chi connectivity index (χ1) is 11.7. The molecule has 1 aliphatic carbocycles. The lowest BCUT2D eigenvalue weighted by molar-refractivity contribution is 0.559. The van der Waals surface area contributed by atoms with E-state index in [2.05, 4.69) is 21.6 Å². The van der Waals surface area contributed by atoms with Crippen LogP contribution < -0.4 is 10.9 Å². The first kappa shape index (κ1) is 15.7. The predicted octanol–water partition coefficient (Wildman–Crippen LogP) is 3.86. The third-order valence-electron chi connectivity index (χ3n) is 4.13. The molecule has 24 heavy (non-hydrogen) atoms. The summed E-state index contributed by atoms with van der Waals surface area (Å²) in [5.41, 5.74) is 4.11. The summed E-state index contributed by atoms with van der Waals surface area (Å²) in [4.78, 5) is 11.9. The highest BCUT2D eigenvalue weighted by Gasteiger charge is 2.15. The Morgan fingerprint density at radius 3 is 2.92 bits per heavy atom. The predicted molar refractivity (Wildman–Crippen MR) is 98.1 cm³/mol. The number of fused-ring (bicyclic) bond motifs is 2. The van der Waals surface area contributed by atoms with Gasteiger partial charge in [-0.3, -0.25) is 0 Å². The molecule has 124 valence electrons. The largest absolute Gasteiger partial charge is 0.423 e. The lowest BCUT2D eigenvalue weighted by atomic mass is 10.0. The number of hydrogen-bond acceptors (Lipinski definition) is 7. The molecule has 7 heteroatoms. The molecule has 0 saturated carbocycles. The van der Waals surface area contributed by atoms with Gasteiger partial charge in [-0.05, 0) is 55.0 Å². The van der Waals surface area contributed by atoms with Gasteiger partial charge in [-0.25, -0.2) is 4.79 Å². The van der Waals surface area contributed by atoms with E-state index in [1.165, 1.54) is 28.9 Å². The van der Waals surface area contributed by atoms with E-state index in [1.54, 1.807) is 17.8 Å². The zero-order valence-corrected chi connectivity index (χ0v) is 14.9. The Bertz CT molecular complexity index is 949. The molecule has 0 atom stereocenters. The quantitative estimate of drug-likeness (QED) is 0.551. The number of rotatable bonds is 5. The molecule has 0 spiro atoms. The van der Waals surface area contributed by atoms with Crippen LogP contribution in [0.15, 0.2) is 31.8 Å². The number of anilines is 1. The Kier molecular flexibility index (Phi) is 4.28. The van der Waals surface area contributed by atoms with Gasteiger partial charge in [0.25, 0.3) is 0 Å². The topological polar surface area (TPSA) is 68.0 Å². The van der Waals surface area contributed by atoms with Crippen molar-refractivity contribution in [2.75, 3.05) is 11.9 Å². The highest BCUT2D eigenvalue weighted by molar-refractivity contribution is 8.00. The van der Waals surface area contributed by atoms with Gasteiger partial charge in [0.05, 0.1) is 0 Å². The van der Waals surface area contributed by atoms with E-state index in [0.717, 1.165) is 39.8 Å². The van der Waals surface area contributed by atoms with Gasteiger partial charge >= 0.3 is 5.63 Å². The summed E-state index contributed by atoms with van der Waals surface area (Å²) in [6.07, 6.45) is 3.36. The molecule has 2 aromatic heterocycles. The summed E-state index contributed by atoms with van der Waals surface area (Å²) in [6.45, 7) is 2.86. The van der Waals surface area contributed by atoms with Crippen LogP contribution in [0.4, 0.5) is 5.13 Å². The minimum atomic E-state index is -0.290. The molecule has 5 nitrogen and oxygen atoms in total. The van der Waals surface area contributed by atoms with Gasteiger partial charge in [0.1, 0.15) is 5.58 Å². The Morgan fingerprint density at radius 1 is 1.25 bits per heavy atom. The number of aromatic nitrogens is 2. The maximum Gasteiger partial charge on any atom is 0.336 e. The van der Waals surface area contributed by atoms with Gasteiger partial charge in [-0.1, -0.05) is 23.1 Å². The van der Waals surface area contributed by atoms with Crippen molar-refractivity contribution in [3.8, 4) is 0 Å². The van der Waals surface area contributed by atoms with E-state index in [1.807, 2.05) is 13.0 Å². The number of benzene rings is 1. The second kappa shape index (κ2) is 6.57. The molecule has 0 radical (unpaired) electrons. The molecule has 0 fully saturated rings. The lowest BCUT2D eigenvalue weighted by Crippen LogP contribution is -2.00. The van der Waals surface area contributed by atoms with Crippen molar-refractivity contribution in [1.82, 2.24) is 10.2 Å². The van der Waals surface area contributed by atoms with Crippen molar-refractivity contribution in [2.24, 2.45) is 0 Å². The highest BCUT2D eigenvalue weighted by atomic mass is 32.2. The second-order valence-electron chi connectivity index (χ2n) is 5.75. The van der Waals surface area contributed by atoms with E-state index < -0.39 is 0 Å². The van der Waals surface area contributed by atoms with Crippen molar-refractivity contribution >= 4 is 39.2 Å². The van der Waals surface area contributed by atoms with Gasteiger partial charge in [0.15, 0.2) is 4.34 Å². The molecule has 0 unspecified atom stereocenters. The minimum absolute atomic E-state index is 0.290.